The molecule has 8 rings (SSSR count). The third-order valence-electron chi connectivity index (χ3n) is 12.4. The third kappa shape index (κ3) is 7.51. The van der Waals surface area contributed by atoms with Crippen molar-refractivity contribution in [1.29, 1.82) is 0 Å². The molecule has 15 heteroatoms. The first kappa shape index (κ1) is 40.3. The molecule has 3 amide bonds. The number of carbonyl (C=O) groups is 3. The molecule has 0 radical (unpaired) electrons. The zero-order valence-corrected chi connectivity index (χ0v) is 34.3. The van der Waals surface area contributed by atoms with Crippen LogP contribution in [0.1, 0.15) is 76.6 Å². The van der Waals surface area contributed by atoms with Gasteiger partial charge in [0.2, 0.25) is 11.9 Å². The van der Waals surface area contributed by atoms with Gasteiger partial charge in [-0.1, -0.05) is 38.1 Å². The highest BCUT2D eigenvalue weighted by Gasteiger charge is 2.54. The first-order chi connectivity index (χ1) is 28.5. The van der Waals surface area contributed by atoms with Gasteiger partial charge in [0.15, 0.2) is 17.6 Å². The summed E-state index contributed by atoms with van der Waals surface area (Å²) in [5, 5.41) is 7.80. The van der Waals surface area contributed by atoms with E-state index in [0.717, 1.165) is 76.6 Å². The van der Waals surface area contributed by atoms with Crippen LogP contribution in [0.25, 0.3) is 44.2 Å². The Bertz CT molecular complexity index is 2440. The van der Waals surface area contributed by atoms with Gasteiger partial charge in [0.05, 0.1) is 55.0 Å². The second-order valence-electron chi connectivity index (χ2n) is 16.2. The average molecular weight is 808 g/mol. The van der Waals surface area contributed by atoms with E-state index >= 15 is 4.39 Å². The van der Waals surface area contributed by atoms with Crippen LogP contribution in [-0.4, -0.2) is 106 Å². The number of ether oxygens (including phenoxy) is 3. The van der Waals surface area contributed by atoms with Gasteiger partial charge >= 0.3 is 12.0 Å². The maximum Gasteiger partial charge on any atom is 0.412 e. The van der Waals surface area contributed by atoms with Gasteiger partial charge < -0.3 is 34.4 Å². The van der Waals surface area contributed by atoms with Crippen LogP contribution in [0, 0.1) is 17.7 Å². The molecule has 1 aliphatic carbocycles. The highest BCUT2D eigenvalue weighted by Crippen LogP contribution is 2.44. The molecule has 2 aromatic heterocycles. The Balaban J connectivity index is 1.02. The number of aromatic nitrogens is 4. The molecule has 2 aliphatic heterocycles. The molecular weight excluding hydrogens is 756 g/mol. The zero-order valence-electron chi connectivity index (χ0n) is 34.3. The average Bonchev–Trinajstić information content (AvgIpc) is 4.10. The van der Waals surface area contributed by atoms with Crippen LogP contribution >= 0.6 is 0 Å². The van der Waals surface area contributed by atoms with E-state index in [9.17, 15) is 14.4 Å². The molecule has 5 aromatic rings. The van der Waals surface area contributed by atoms with Crippen molar-refractivity contribution >= 4 is 45.4 Å². The Labute approximate surface area is 341 Å². The highest BCUT2D eigenvalue weighted by molar-refractivity contribution is 6.05. The summed E-state index contributed by atoms with van der Waals surface area (Å²) in [7, 11) is 4.34. The van der Waals surface area contributed by atoms with Crippen molar-refractivity contribution in [3.05, 3.63) is 72.2 Å². The van der Waals surface area contributed by atoms with Crippen LogP contribution in [0.15, 0.2) is 54.7 Å². The lowest BCUT2D eigenvalue weighted by Crippen LogP contribution is -2.53. The van der Waals surface area contributed by atoms with Crippen LogP contribution in [0.2, 0.25) is 0 Å². The van der Waals surface area contributed by atoms with Gasteiger partial charge in [0.25, 0.3) is 0 Å². The number of hydrogen-bond acceptors (Lipinski definition) is 9. The van der Waals surface area contributed by atoms with Crippen LogP contribution in [0.3, 0.4) is 0 Å². The molecule has 0 spiro atoms. The molecule has 4 N–H and O–H groups in total. The predicted molar refractivity (Wildman–Crippen MR) is 220 cm³/mol. The van der Waals surface area contributed by atoms with Crippen LogP contribution < -0.4 is 10.6 Å². The second kappa shape index (κ2) is 16.6. The number of alkyl carbamates (subject to hydrolysis) is 1. The number of methoxy groups -OCH3 is 3. The summed E-state index contributed by atoms with van der Waals surface area (Å²) in [6, 6.07) is 13.4. The first-order valence-corrected chi connectivity index (χ1v) is 20.4. The van der Waals surface area contributed by atoms with E-state index in [1.807, 2.05) is 55.1 Å². The Hall–Kier alpha value is -5.51. The maximum atomic E-state index is 16.0. The van der Waals surface area contributed by atoms with Gasteiger partial charge in [0, 0.05) is 50.5 Å². The number of halogens is 1. The standard InChI is InChI=1S/C44H51FN8O6/c1-23(2)36(47-22-57-4)42(54)52-17-7-8-35(52)40-48-33-16-12-27-18-25(10-14-30(27)38(33)50-40)26-11-15-31(32(45)20-26)34-21-46-41(49-34)39-28-9-13-29(19-28)53(39)43(55)37(24(3)58-5)51-44(56)59-6/h10-12,14-16,18,20-21,23-24,28,35-37,39,47H,7-9,13,17,19,22H2,1-6H3,(H2-,46,48,49,50,51,56)/p+1. The lowest BCUT2D eigenvalue weighted by molar-refractivity contribution is -0.502. The summed E-state index contributed by atoms with van der Waals surface area (Å²) in [5.41, 5.74) is 5.15. The monoisotopic (exact) mass is 807 g/mol. The molecule has 3 aliphatic rings. The number of imidazole rings is 2. The summed E-state index contributed by atoms with van der Waals surface area (Å²) in [4.78, 5) is 58.4. The van der Waals surface area contributed by atoms with E-state index in [0.29, 0.717) is 30.4 Å². The minimum atomic E-state index is -0.966. The van der Waals surface area contributed by atoms with Gasteiger partial charge in [-0.15, -0.1) is 0 Å². The largest absolute Gasteiger partial charge is 0.453 e. The topological polar surface area (TPSA) is 167 Å². The minimum Gasteiger partial charge on any atom is -0.453 e. The summed E-state index contributed by atoms with van der Waals surface area (Å²) >= 11 is 0. The van der Waals surface area contributed by atoms with Crippen molar-refractivity contribution in [2.24, 2.45) is 11.8 Å². The number of rotatable bonds is 13. The summed E-state index contributed by atoms with van der Waals surface area (Å²) in [5.74, 6) is 0.916. The van der Waals surface area contributed by atoms with Crippen molar-refractivity contribution in [2.45, 2.75) is 83.1 Å². The molecule has 3 aromatic carbocycles. The number of nitrogens with zero attached hydrogens (tertiary/aromatic N) is 4. The molecule has 59 heavy (non-hydrogen) atoms. The number of aromatic amines is 2. The number of carbonyl (C=O) groups excluding carboxylic acids is 3. The maximum absolute atomic E-state index is 16.0. The van der Waals surface area contributed by atoms with E-state index in [1.54, 1.807) is 30.9 Å². The van der Waals surface area contributed by atoms with Gasteiger partial charge in [-0.3, -0.25) is 10.1 Å². The highest BCUT2D eigenvalue weighted by atomic mass is 19.1. The molecule has 2 fully saturated rings. The van der Waals surface area contributed by atoms with Gasteiger partial charge in [-0.05, 0) is 72.9 Å². The molecule has 310 valence electrons. The zero-order chi connectivity index (χ0) is 41.5. The van der Waals surface area contributed by atoms with Gasteiger partial charge in [-0.25, -0.2) is 23.9 Å². The molecule has 4 heterocycles. The first-order valence-electron chi connectivity index (χ1n) is 20.4. The minimum absolute atomic E-state index is 0.0523. The summed E-state index contributed by atoms with van der Waals surface area (Å²) in [6.07, 6.45) is 4.43. The molecule has 2 bridgehead atoms. The molecule has 1 saturated carbocycles. The fourth-order valence-corrected chi connectivity index (χ4v) is 9.21. The van der Waals surface area contributed by atoms with Crippen molar-refractivity contribution in [3.8, 4) is 22.4 Å². The Morgan fingerprint density at radius 2 is 1.78 bits per heavy atom. The summed E-state index contributed by atoms with van der Waals surface area (Å²) in [6.45, 7) is 6.76. The normalized spacial score (nSPS) is 20.5. The van der Waals surface area contributed by atoms with Crippen LogP contribution in [0.5, 0.6) is 0 Å². The molecule has 14 nitrogen and oxygen atoms in total. The van der Waals surface area contributed by atoms with E-state index < -0.39 is 24.1 Å². The fourth-order valence-electron chi connectivity index (χ4n) is 9.21. The number of fused-ring (bicyclic) bond motifs is 5. The van der Waals surface area contributed by atoms with Gasteiger partial charge in [0.1, 0.15) is 11.6 Å². The van der Waals surface area contributed by atoms with Crippen LogP contribution in [0.4, 0.5) is 9.18 Å². The van der Waals surface area contributed by atoms with Crippen molar-refractivity contribution in [3.63, 3.8) is 0 Å². The lowest BCUT2D eigenvalue weighted by Gasteiger charge is -2.30. The third-order valence-corrected chi connectivity index (χ3v) is 12.4. The Kier molecular flexibility index (Phi) is 11.3. The van der Waals surface area contributed by atoms with Crippen LogP contribution in [-0.2, 0) is 23.8 Å². The van der Waals surface area contributed by atoms with E-state index in [2.05, 4.69) is 25.6 Å². The van der Waals surface area contributed by atoms with E-state index in [1.165, 1.54) is 20.3 Å². The van der Waals surface area contributed by atoms with Gasteiger partial charge in [-0.2, -0.15) is 4.58 Å². The molecule has 1 saturated heterocycles. The number of nitrogens with one attached hydrogen (secondary N) is 4. The number of benzene rings is 3. The van der Waals surface area contributed by atoms with Crippen molar-refractivity contribution < 1.29 is 37.6 Å². The second-order valence-corrected chi connectivity index (χ2v) is 16.2. The lowest BCUT2D eigenvalue weighted by atomic mass is 9.97. The van der Waals surface area contributed by atoms with Crippen molar-refractivity contribution in [2.75, 3.05) is 34.6 Å². The number of amides is 3. The number of H-pyrrole nitrogens is 2. The van der Waals surface area contributed by atoms with E-state index in [-0.39, 0.29) is 41.8 Å². The van der Waals surface area contributed by atoms with E-state index in [4.69, 9.17) is 19.2 Å². The van der Waals surface area contributed by atoms with Crippen molar-refractivity contribution in [1.82, 2.24) is 35.5 Å². The molecular formula is C44H52FN8O6+. The Morgan fingerprint density at radius 1 is 0.983 bits per heavy atom. The number of hydrogen-bond donors (Lipinski definition) is 4. The smallest absolute Gasteiger partial charge is 0.412 e. The number of likely N-dealkylation sites (tertiary alicyclic amines) is 1. The summed E-state index contributed by atoms with van der Waals surface area (Å²) < 4.78 is 33.2. The SMILES string of the molecule is COCNC(C(=O)N1CCCC1c1nc2c(ccc3cc(-c4ccc(-c5cnc(C6C7CCC(=[N+]6C(=O)C(NC(=O)OC)C(C)OC)C7)[nH]5)c(F)c4)ccc32)[nH]1)C(C)C. The predicted octanol–water partition coefficient (Wildman–Crippen LogP) is 6.39. The fraction of sp³-hybridized carbons (Fsp3) is 0.455. The molecule has 6 unspecified atom stereocenters. The molecule has 6 atom stereocenters. The quantitative estimate of drug-likeness (QED) is 0.0780. The Morgan fingerprint density at radius 3 is 2.53 bits per heavy atom.